The van der Waals surface area contributed by atoms with Crippen LogP contribution in [0.25, 0.3) is 6.08 Å². The number of nitrogens with zero attached hydrogens (tertiary/aromatic N) is 1. The maximum Gasteiger partial charge on any atom is 0.328 e. The minimum Gasteiger partial charge on any atom is -0.478 e. The first-order chi connectivity index (χ1) is 9.06. The molecule has 4 nitrogen and oxygen atoms in total. The van der Waals surface area contributed by atoms with Crippen molar-refractivity contribution in [2.75, 3.05) is 13.1 Å². The minimum absolute atomic E-state index is 0.258. The van der Waals surface area contributed by atoms with Gasteiger partial charge in [0.15, 0.2) is 0 Å². The van der Waals surface area contributed by atoms with Crippen LogP contribution in [-0.2, 0) is 11.3 Å². The first kappa shape index (κ1) is 14.2. The van der Waals surface area contributed by atoms with Gasteiger partial charge >= 0.3 is 5.97 Å². The normalized spacial score (nSPS) is 24.9. The number of aliphatic hydroxyl groups is 1. The molecule has 0 amide bonds. The van der Waals surface area contributed by atoms with Crippen molar-refractivity contribution in [3.05, 3.63) is 28.0 Å². The maximum atomic E-state index is 10.5. The lowest BCUT2D eigenvalue weighted by Gasteiger charge is -2.34. The fraction of sp³-hybridized carbons (Fsp3) is 0.500. The van der Waals surface area contributed by atoms with Crippen molar-refractivity contribution in [2.24, 2.45) is 5.92 Å². The van der Waals surface area contributed by atoms with Gasteiger partial charge in [-0.15, -0.1) is 11.3 Å². The molecule has 0 radical (unpaired) electrons. The van der Waals surface area contributed by atoms with Crippen molar-refractivity contribution in [1.82, 2.24) is 4.90 Å². The van der Waals surface area contributed by atoms with Crippen LogP contribution in [0.4, 0.5) is 0 Å². The molecule has 104 valence electrons. The van der Waals surface area contributed by atoms with Crippen LogP contribution < -0.4 is 0 Å². The van der Waals surface area contributed by atoms with Gasteiger partial charge in [0.25, 0.3) is 0 Å². The average Bonchev–Trinajstić information content (AvgIpc) is 2.79. The molecule has 0 aliphatic carbocycles. The van der Waals surface area contributed by atoms with E-state index in [1.165, 1.54) is 6.08 Å². The standard InChI is InChI=1S/C14H19NO3S/c1-10-4-6-15(8-12(10)16)9-13-11(5-7-19-13)2-3-14(17)18/h2-3,5,7,10,12,16H,4,6,8-9H2,1H3,(H,17,18)/b3-2+. The number of likely N-dealkylation sites (tertiary alicyclic amines) is 1. The van der Waals surface area contributed by atoms with Gasteiger partial charge in [0.1, 0.15) is 0 Å². The lowest BCUT2D eigenvalue weighted by molar-refractivity contribution is -0.131. The molecule has 2 N–H and O–H groups in total. The molecule has 1 aromatic rings. The van der Waals surface area contributed by atoms with Crippen LogP contribution in [0.5, 0.6) is 0 Å². The highest BCUT2D eigenvalue weighted by atomic mass is 32.1. The predicted molar refractivity (Wildman–Crippen MR) is 76.1 cm³/mol. The van der Waals surface area contributed by atoms with Gasteiger partial charge in [-0.1, -0.05) is 6.92 Å². The summed E-state index contributed by atoms with van der Waals surface area (Å²) in [5.74, 6) is -0.565. The Morgan fingerprint density at radius 2 is 2.42 bits per heavy atom. The van der Waals surface area contributed by atoms with Gasteiger partial charge in [0.2, 0.25) is 0 Å². The summed E-state index contributed by atoms with van der Waals surface area (Å²) in [4.78, 5) is 13.9. The number of rotatable bonds is 4. The van der Waals surface area contributed by atoms with Crippen LogP contribution in [0.3, 0.4) is 0 Å². The van der Waals surface area contributed by atoms with Crippen molar-refractivity contribution in [1.29, 1.82) is 0 Å². The molecule has 0 bridgehead atoms. The van der Waals surface area contributed by atoms with Gasteiger partial charge in [-0.25, -0.2) is 4.79 Å². The number of carboxylic acids is 1. The summed E-state index contributed by atoms with van der Waals surface area (Å²) in [6.45, 7) is 4.54. The molecule has 2 heterocycles. The van der Waals surface area contributed by atoms with Crippen molar-refractivity contribution >= 4 is 23.4 Å². The van der Waals surface area contributed by atoms with Crippen LogP contribution in [0.2, 0.25) is 0 Å². The SMILES string of the molecule is CC1CCN(Cc2sccc2/C=C/C(=O)O)CC1O. The molecule has 2 unspecified atom stereocenters. The number of hydrogen-bond donors (Lipinski definition) is 2. The van der Waals surface area contributed by atoms with Crippen LogP contribution >= 0.6 is 11.3 Å². The first-order valence-corrected chi connectivity index (χ1v) is 7.32. The molecule has 2 rings (SSSR count). The Hall–Kier alpha value is -1.17. The zero-order valence-electron chi connectivity index (χ0n) is 11.0. The highest BCUT2D eigenvalue weighted by Crippen LogP contribution is 2.24. The Morgan fingerprint density at radius 3 is 3.11 bits per heavy atom. The van der Waals surface area contributed by atoms with E-state index in [0.717, 1.165) is 30.0 Å². The first-order valence-electron chi connectivity index (χ1n) is 6.44. The summed E-state index contributed by atoms with van der Waals surface area (Å²) >= 11 is 1.63. The molecule has 2 atom stereocenters. The van der Waals surface area contributed by atoms with Gasteiger partial charge in [-0.2, -0.15) is 0 Å². The molecule has 5 heteroatoms. The summed E-state index contributed by atoms with van der Waals surface area (Å²) < 4.78 is 0. The number of aliphatic carboxylic acids is 1. The Bertz CT molecular complexity index is 469. The Kier molecular flexibility index (Phi) is 4.74. The molecular formula is C14H19NO3S. The molecule has 1 aromatic heterocycles. The summed E-state index contributed by atoms with van der Waals surface area (Å²) in [7, 11) is 0. The maximum absolute atomic E-state index is 10.5. The third-order valence-corrected chi connectivity index (χ3v) is 4.48. The van der Waals surface area contributed by atoms with E-state index in [1.54, 1.807) is 17.4 Å². The molecule has 1 aliphatic rings. The highest BCUT2D eigenvalue weighted by Gasteiger charge is 2.24. The smallest absolute Gasteiger partial charge is 0.328 e. The topological polar surface area (TPSA) is 60.8 Å². The van der Waals surface area contributed by atoms with Gasteiger partial charge in [-0.3, -0.25) is 4.90 Å². The van der Waals surface area contributed by atoms with Crippen molar-refractivity contribution in [2.45, 2.75) is 26.0 Å². The van der Waals surface area contributed by atoms with E-state index < -0.39 is 5.97 Å². The number of β-amino-alcohol motifs (C(OH)–C–C–N with tert-alkyl or cyclic N) is 1. The quantitative estimate of drug-likeness (QED) is 0.829. The molecule has 19 heavy (non-hydrogen) atoms. The van der Waals surface area contributed by atoms with Crippen LogP contribution in [-0.4, -0.2) is 40.3 Å². The second-order valence-corrected chi connectivity index (χ2v) is 6.04. The third-order valence-electron chi connectivity index (χ3n) is 3.56. The zero-order chi connectivity index (χ0) is 13.8. The van der Waals surface area contributed by atoms with Gasteiger partial charge in [-0.05, 0) is 42.0 Å². The Balaban J connectivity index is 2.00. The largest absolute Gasteiger partial charge is 0.478 e. The number of piperidine rings is 1. The average molecular weight is 281 g/mol. The van der Waals surface area contributed by atoms with Gasteiger partial charge in [0.05, 0.1) is 6.10 Å². The van der Waals surface area contributed by atoms with E-state index in [4.69, 9.17) is 5.11 Å². The van der Waals surface area contributed by atoms with E-state index in [9.17, 15) is 9.90 Å². The number of aliphatic hydroxyl groups excluding tert-OH is 1. The minimum atomic E-state index is -0.931. The lowest BCUT2D eigenvalue weighted by Crippen LogP contribution is -2.42. The second kappa shape index (κ2) is 6.32. The Labute approximate surface area is 117 Å². The zero-order valence-corrected chi connectivity index (χ0v) is 11.8. The molecule has 1 aliphatic heterocycles. The monoisotopic (exact) mass is 281 g/mol. The summed E-state index contributed by atoms with van der Waals surface area (Å²) in [5.41, 5.74) is 0.959. The van der Waals surface area contributed by atoms with Crippen molar-refractivity contribution in [3.8, 4) is 0 Å². The summed E-state index contributed by atoms with van der Waals surface area (Å²) in [6, 6.07) is 1.93. The number of thiophene rings is 1. The summed E-state index contributed by atoms with van der Waals surface area (Å²) in [6.07, 6.45) is 3.55. The van der Waals surface area contributed by atoms with E-state index in [2.05, 4.69) is 11.8 Å². The molecule has 0 saturated carbocycles. The lowest BCUT2D eigenvalue weighted by atomic mass is 9.96. The Morgan fingerprint density at radius 1 is 1.63 bits per heavy atom. The van der Waals surface area contributed by atoms with Gasteiger partial charge < -0.3 is 10.2 Å². The highest BCUT2D eigenvalue weighted by molar-refractivity contribution is 7.10. The van der Waals surface area contributed by atoms with Crippen LogP contribution in [0, 0.1) is 5.92 Å². The number of carboxylic acid groups (broad SMARTS) is 1. The molecular weight excluding hydrogens is 262 g/mol. The number of hydrogen-bond acceptors (Lipinski definition) is 4. The predicted octanol–water partition coefficient (Wildman–Crippen LogP) is 2.05. The fourth-order valence-electron chi connectivity index (χ4n) is 2.25. The van der Waals surface area contributed by atoms with Crippen LogP contribution in [0.1, 0.15) is 23.8 Å². The molecule has 0 aromatic carbocycles. The molecule has 0 spiro atoms. The van der Waals surface area contributed by atoms with Crippen LogP contribution in [0.15, 0.2) is 17.5 Å². The summed E-state index contributed by atoms with van der Waals surface area (Å²) in [5, 5.41) is 20.5. The second-order valence-electron chi connectivity index (χ2n) is 5.04. The molecule has 1 saturated heterocycles. The third kappa shape index (κ3) is 3.89. The van der Waals surface area contributed by atoms with Gasteiger partial charge in [0, 0.05) is 24.0 Å². The van der Waals surface area contributed by atoms with Crippen molar-refractivity contribution < 1.29 is 15.0 Å². The van der Waals surface area contributed by atoms with E-state index in [0.29, 0.717) is 12.5 Å². The number of carbonyl (C=O) groups is 1. The van der Waals surface area contributed by atoms with Crippen molar-refractivity contribution in [3.63, 3.8) is 0 Å². The fourth-order valence-corrected chi connectivity index (χ4v) is 3.16. The molecule has 1 fully saturated rings. The van der Waals surface area contributed by atoms with E-state index in [-0.39, 0.29) is 6.10 Å². The van der Waals surface area contributed by atoms with E-state index >= 15 is 0 Å². The van der Waals surface area contributed by atoms with E-state index in [1.807, 2.05) is 11.4 Å².